The van der Waals surface area contributed by atoms with Gasteiger partial charge in [-0.1, -0.05) is 19.9 Å². The van der Waals surface area contributed by atoms with E-state index in [0.29, 0.717) is 18.2 Å². The van der Waals surface area contributed by atoms with Crippen molar-refractivity contribution in [1.29, 1.82) is 0 Å². The molecule has 0 amide bonds. The predicted molar refractivity (Wildman–Crippen MR) is 53.9 cm³/mol. The molecule has 1 aromatic rings. The molecule has 0 aliphatic carbocycles. The van der Waals surface area contributed by atoms with E-state index in [9.17, 15) is 4.79 Å². The Balaban J connectivity index is 2.35. The smallest absolute Gasteiger partial charge is 0.312 e. The largest absolute Gasteiger partial charge is 0.407 e. The number of hydrogen-bond donors (Lipinski definition) is 0. The third-order valence-corrected chi connectivity index (χ3v) is 1.78. The third kappa shape index (κ3) is 4.03. The summed E-state index contributed by atoms with van der Waals surface area (Å²) in [6, 6.07) is 5.25. The summed E-state index contributed by atoms with van der Waals surface area (Å²) in [5.41, 5.74) is 0. The number of ether oxygens (including phenoxy) is 1. The van der Waals surface area contributed by atoms with Crippen LogP contribution in [-0.2, 0) is 4.79 Å². The van der Waals surface area contributed by atoms with Crippen LogP contribution in [0.2, 0.25) is 0 Å². The lowest BCUT2D eigenvalue weighted by Gasteiger charge is -2.04. The second-order valence-electron chi connectivity index (χ2n) is 3.57. The minimum absolute atomic E-state index is 0.211. The average molecular weight is 193 g/mol. The van der Waals surface area contributed by atoms with Crippen LogP contribution >= 0.6 is 0 Å². The maximum Gasteiger partial charge on any atom is 0.312 e. The van der Waals surface area contributed by atoms with Crippen LogP contribution in [-0.4, -0.2) is 11.0 Å². The van der Waals surface area contributed by atoms with E-state index in [1.54, 1.807) is 24.4 Å². The van der Waals surface area contributed by atoms with Gasteiger partial charge in [0, 0.05) is 18.7 Å². The third-order valence-electron chi connectivity index (χ3n) is 1.78. The zero-order chi connectivity index (χ0) is 10.4. The van der Waals surface area contributed by atoms with Gasteiger partial charge in [-0.05, 0) is 18.4 Å². The molecule has 0 atom stereocenters. The second-order valence-corrected chi connectivity index (χ2v) is 3.57. The fraction of sp³-hybridized carbons (Fsp3) is 0.455. The van der Waals surface area contributed by atoms with Crippen molar-refractivity contribution in [3.8, 4) is 5.88 Å². The van der Waals surface area contributed by atoms with E-state index in [2.05, 4.69) is 18.8 Å². The zero-order valence-electron chi connectivity index (χ0n) is 8.56. The van der Waals surface area contributed by atoms with Crippen molar-refractivity contribution in [2.24, 2.45) is 5.92 Å². The number of carbonyl (C=O) groups excluding carboxylic acids is 1. The van der Waals surface area contributed by atoms with Crippen LogP contribution in [0.5, 0.6) is 5.88 Å². The number of hydrogen-bond acceptors (Lipinski definition) is 3. The van der Waals surface area contributed by atoms with Gasteiger partial charge in [-0.3, -0.25) is 4.79 Å². The molecular formula is C11H15NO2. The summed E-state index contributed by atoms with van der Waals surface area (Å²) < 4.78 is 5.01. The molecule has 0 aliphatic heterocycles. The number of aromatic nitrogens is 1. The predicted octanol–water partition coefficient (Wildman–Crippen LogP) is 2.42. The van der Waals surface area contributed by atoms with E-state index in [-0.39, 0.29) is 5.97 Å². The Kier molecular flexibility index (Phi) is 4.11. The highest BCUT2D eigenvalue weighted by molar-refractivity contribution is 5.71. The molecule has 0 unspecified atom stereocenters. The van der Waals surface area contributed by atoms with Crippen LogP contribution in [0.3, 0.4) is 0 Å². The first-order valence-corrected chi connectivity index (χ1v) is 4.80. The number of rotatable bonds is 4. The van der Waals surface area contributed by atoms with Gasteiger partial charge in [0.1, 0.15) is 0 Å². The van der Waals surface area contributed by atoms with E-state index in [1.165, 1.54) is 0 Å². The fourth-order valence-electron chi connectivity index (χ4n) is 0.982. The van der Waals surface area contributed by atoms with Gasteiger partial charge in [-0.2, -0.15) is 0 Å². The summed E-state index contributed by atoms with van der Waals surface area (Å²) in [5.74, 6) is 0.685. The molecule has 0 bridgehead atoms. The van der Waals surface area contributed by atoms with Gasteiger partial charge in [0.05, 0.1) is 0 Å². The number of esters is 1. The molecule has 14 heavy (non-hydrogen) atoms. The molecule has 0 spiro atoms. The molecular weight excluding hydrogens is 178 g/mol. The van der Waals surface area contributed by atoms with E-state index in [0.717, 1.165) is 6.42 Å². The summed E-state index contributed by atoms with van der Waals surface area (Å²) in [5, 5.41) is 0. The zero-order valence-corrected chi connectivity index (χ0v) is 8.56. The van der Waals surface area contributed by atoms with Gasteiger partial charge in [0.2, 0.25) is 5.88 Å². The van der Waals surface area contributed by atoms with Crippen molar-refractivity contribution in [3.05, 3.63) is 24.4 Å². The van der Waals surface area contributed by atoms with Crippen LogP contribution in [0, 0.1) is 5.92 Å². The normalized spacial score (nSPS) is 10.2. The Morgan fingerprint density at radius 3 is 2.86 bits per heavy atom. The summed E-state index contributed by atoms with van der Waals surface area (Å²) in [6.45, 7) is 4.15. The Morgan fingerprint density at radius 1 is 1.50 bits per heavy atom. The van der Waals surface area contributed by atoms with E-state index >= 15 is 0 Å². The van der Waals surface area contributed by atoms with Gasteiger partial charge in [0.15, 0.2) is 0 Å². The molecule has 1 heterocycles. The van der Waals surface area contributed by atoms with Crippen LogP contribution in [0.25, 0.3) is 0 Å². The maximum atomic E-state index is 11.3. The van der Waals surface area contributed by atoms with Crippen molar-refractivity contribution in [1.82, 2.24) is 4.98 Å². The lowest BCUT2D eigenvalue weighted by Crippen LogP contribution is -2.09. The van der Waals surface area contributed by atoms with Gasteiger partial charge in [-0.25, -0.2) is 4.98 Å². The molecule has 0 N–H and O–H groups in total. The molecule has 0 saturated carbocycles. The molecule has 0 aromatic carbocycles. The maximum absolute atomic E-state index is 11.3. The van der Waals surface area contributed by atoms with Crippen molar-refractivity contribution >= 4 is 5.97 Å². The molecule has 3 heteroatoms. The first-order chi connectivity index (χ1) is 6.68. The number of pyridine rings is 1. The Labute approximate surface area is 84.1 Å². The van der Waals surface area contributed by atoms with Crippen molar-refractivity contribution in [3.63, 3.8) is 0 Å². The van der Waals surface area contributed by atoms with Gasteiger partial charge < -0.3 is 4.74 Å². The Hall–Kier alpha value is -1.38. The fourth-order valence-corrected chi connectivity index (χ4v) is 0.982. The molecule has 0 aliphatic rings. The molecule has 76 valence electrons. The van der Waals surface area contributed by atoms with Crippen molar-refractivity contribution < 1.29 is 9.53 Å². The standard InChI is InChI=1S/C11H15NO2/c1-9(2)6-7-11(13)14-10-5-3-4-8-12-10/h3-5,8-9H,6-7H2,1-2H3. The van der Waals surface area contributed by atoms with Crippen LogP contribution in [0.15, 0.2) is 24.4 Å². The topological polar surface area (TPSA) is 39.2 Å². The lowest BCUT2D eigenvalue weighted by molar-refractivity contribution is -0.134. The molecule has 1 rings (SSSR count). The second kappa shape index (κ2) is 5.37. The minimum atomic E-state index is -0.211. The molecule has 0 fully saturated rings. The average Bonchev–Trinajstić information content (AvgIpc) is 2.16. The first-order valence-electron chi connectivity index (χ1n) is 4.80. The molecule has 0 radical (unpaired) electrons. The summed E-state index contributed by atoms with van der Waals surface area (Å²) in [4.78, 5) is 15.2. The molecule has 1 aromatic heterocycles. The first kappa shape index (κ1) is 10.7. The van der Waals surface area contributed by atoms with Crippen molar-refractivity contribution in [2.75, 3.05) is 0 Å². The van der Waals surface area contributed by atoms with Crippen LogP contribution < -0.4 is 4.74 Å². The number of nitrogens with zero attached hydrogens (tertiary/aromatic N) is 1. The number of carbonyl (C=O) groups is 1. The van der Waals surface area contributed by atoms with Crippen LogP contribution in [0.4, 0.5) is 0 Å². The highest BCUT2D eigenvalue weighted by atomic mass is 16.5. The van der Waals surface area contributed by atoms with Crippen molar-refractivity contribution in [2.45, 2.75) is 26.7 Å². The van der Waals surface area contributed by atoms with Gasteiger partial charge in [0.25, 0.3) is 0 Å². The van der Waals surface area contributed by atoms with E-state index in [1.807, 2.05) is 0 Å². The quantitative estimate of drug-likeness (QED) is 0.689. The van der Waals surface area contributed by atoms with Crippen LogP contribution in [0.1, 0.15) is 26.7 Å². The van der Waals surface area contributed by atoms with E-state index in [4.69, 9.17) is 4.74 Å². The Bertz CT molecular complexity index is 283. The highest BCUT2D eigenvalue weighted by Gasteiger charge is 2.06. The SMILES string of the molecule is CC(C)CCC(=O)Oc1ccccn1. The van der Waals surface area contributed by atoms with Gasteiger partial charge in [-0.15, -0.1) is 0 Å². The summed E-state index contributed by atoms with van der Waals surface area (Å²) in [6.07, 6.45) is 2.91. The minimum Gasteiger partial charge on any atom is -0.407 e. The van der Waals surface area contributed by atoms with E-state index < -0.39 is 0 Å². The summed E-state index contributed by atoms with van der Waals surface area (Å²) >= 11 is 0. The molecule has 0 saturated heterocycles. The van der Waals surface area contributed by atoms with Gasteiger partial charge >= 0.3 is 5.97 Å². The molecule has 3 nitrogen and oxygen atoms in total. The lowest BCUT2D eigenvalue weighted by atomic mass is 10.1. The summed E-state index contributed by atoms with van der Waals surface area (Å²) in [7, 11) is 0. The highest BCUT2D eigenvalue weighted by Crippen LogP contribution is 2.08. The monoisotopic (exact) mass is 193 g/mol. The Morgan fingerprint density at radius 2 is 2.29 bits per heavy atom.